The van der Waals surface area contributed by atoms with Crippen LogP contribution in [0.3, 0.4) is 0 Å². The number of halogens is 2. The molecule has 0 aliphatic heterocycles. The molecule has 0 radical (unpaired) electrons. The average Bonchev–Trinajstić information content (AvgIpc) is 3.00. The molecule has 2 nitrogen and oxygen atoms in total. The largest absolute Gasteiger partial charge is 0.326 e. The Bertz CT molecular complexity index is 745. The van der Waals surface area contributed by atoms with Gasteiger partial charge in [-0.05, 0) is 37.1 Å². The van der Waals surface area contributed by atoms with Gasteiger partial charge in [-0.2, -0.15) is 0 Å². The standard InChI is InChI=1S/C15H14Cl2N2S/c1-10-3-2-4-12-15(10)19(14(9-16)18-12)8-7-11-5-6-13(17)20-11/h2-6H,7-9H2,1H3. The molecule has 5 heteroatoms. The number of nitrogens with zero attached hydrogens (tertiary/aromatic N) is 2. The van der Waals surface area contributed by atoms with Crippen molar-refractivity contribution in [2.45, 2.75) is 25.8 Å². The summed E-state index contributed by atoms with van der Waals surface area (Å²) in [7, 11) is 0. The molecule has 2 aromatic heterocycles. The second-order valence-electron chi connectivity index (χ2n) is 4.71. The minimum Gasteiger partial charge on any atom is -0.326 e. The van der Waals surface area contributed by atoms with Gasteiger partial charge in [0, 0.05) is 11.4 Å². The Kier molecular flexibility index (Phi) is 4.01. The van der Waals surface area contributed by atoms with Crippen LogP contribution in [-0.2, 0) is 18.8 Å². The normalized spacial score (nSPS) is 11.3. The van der Waals surface area contributed by atoms with E-state index in [1.54, 1.807) is 11.3 Å². The topological polar surface area (TPSA) is 17.8 Å². The summed E-state index contributed by atoms with van der Waals surface area (Å²) in [6.07, 6.45) is 0.946. The number of hydrogen-bond acceptors (Lipinski definition) is 2. The molecular weight excluding hydrogens is 311 g/mol. The molecule has 0 saturated carbocycles. The van der Waals surface area contributed by atoms with Crippen LogP contribution in [0.15, 0.2) is 30.3 Å². The molecule has 0 saturated heterocycles. The number of aryl methyl sites for hydroxylation is 3. The van der Waals surface area contributed by atoms with Gasteiger partial charge in [0.1, 0.15) is 5.82 Å². The first kappa shape index (κ1) is 13.9. The fourth-order valence-corrected chi connectivity index (χ4v) is 3.74. The molecule has 0 aliphatic carbocycles. The summed E-state index contributed by atoms with van der Waals surface area (Å²) < 4.78 is 3.06. The molecule has 0 spiro atoms. The molecule has 3 aromatic rings. The van der Waals surface area contributed by atoms with Crippen LogP contribution in [0.5, 0.6) is 0 Å². The van der Waals surface area contributed by atoms with E-state index in [4.69, 9.17) is 23.2 Å². The van der Waals surface area contributed by atoms with E-state index in [0.717, 1.165) is 28.6 Å². The van der Waals surface area contributed by atoms with Crippen LogP contribution in [0.2, 0.25) is 4.34 Å². The van der Waals surface area contributed by atoms with Crippen molar-refractivity contribution in [1.29, 1.82) is 0 Å². The monoisotopic (exact) mass is 324 g/mol. The van der Waals surface area contributed by atoms with Crippen molar-refractivity contribution in [2.24, 2.45) is 0 Å². The van der Waals surface area contributed by atoms with Gasteiger partial charge in [0.05, 0.1) is 21.2 Å². The molecule has 0 N–H and O–H groups in total. The maximum absolute atomic E-state index is 6.04. The Morgan fingerprint density at radius 3 is 2.80 bits per heavy atom. The predicted octanol–water partition coefficient (Wildman–Crippen LogP) is 5.04. The first-order valence-corrected chi connectivity index (χ1v) is 8.17. The first-order chi connectivity index (χ1) is 9.69. The van der Waals surface area contributed by atoms with Gasteiger partial charge in [0.2, 0.25) is 0 Å². The number of rotatable bonds is 4. The van der Waals surface area contributed by atoms with E-state index in [1.165, 1.54) is 16.0 Å². The van der Waals surface area contributed by atoms with Gasteiger partial charge >= 0.3 is 0 Å². The summed E-state index contributed by atoms with van der Waals surface area (Å²) in [6.45, 7) is 2.99. The van der Waals surface area contributed by atoms with Crippen LogP contribution in [0, 0.1) is 6.92 Å². The Hall–Kier alpha value is -1.03. The number of benzene rings is 1. The molecule has 0 unspecified atom stereocenters. The zero-order valence-corrected chi connectivity index (χ0v) is 13.4. The zero-order chi connectivity index (χ0) is 14.1. The minimum atomic E-state index is 0.430. The summed E-state index contributed by atoms with van der Waals surface area (Å²) in [5, 5.41) is 0. The van der Waals surface area contributed by atoms with Crippen LogP contribution in [0.4, 0.5) is 0 Å². The third kappa shape index (κ3) is 2.58. The second kappa shape index (κ2) is 5.76. The predicted molar refractivity (Wildman–Crippen MR) is 87.1 cm³/mol. The lowest BCUT2D eigenvalue weighted by atomic mass is 10.2. The van der Waals surface area contributed by atoms with Gasteiger partial charge in [-0.3, -0.25) is 0 Å². The number of aromatic nitrogens is 2. The molecule has 0 fully saturated rings. The van der Waals surface area contributed by atoms with Crippen LogP contribution >= 0.6 is 34.5 Å². The average molecular weight is 325 g/mol. The lowest BCUT2D eigenvalue weighted by Crippen LogP contribution is -2.05. The maximum Gasteiger partial charge on any atom is 0.124 e. The quantitative estimate of drug-likeness (QED) is 0.614. The molecule has 0 atom stereocenters. The Morgan fingerprint density at radius 2 is 2.10 bits per heavy atom. The van der Waals surface area contributed by atoms with E-state index in [0.29, 0.717) is 5.88 Å². The zero-order valence-electron chi connectivity index (χ0n) is 11.1. The lowest BCUT2D eigenvalue weighted by Gasteiger charge is -2.08. The van der Waals surface area contributed by atoms with Crippen molar-refractivity contribution >= 4 is 45.6 Å². The summed E-state index contributed by atoms with van der Waals surface area (Å²) in [5.74, 6) is 1.36. The molecule has 20 heavy (non-hydrogen) atoms. The van der Waals surface area contributed by atoms with Crippen LogP contribution < -0.4 is 0 Å². The van der Waals surface area contributed by atoms with Crippen LogP contribution in [0.25, 0.3) is 11.0 Å². The van der Waals surface area contributed by atoms with Gasteiger partial charge in [-0.15, -0.1) is 22.9 Å². The SMILES string of the molecule is Cc1cccc2nc(CCl)n(CCc3ccc(Cl)s3)c12. The van der Waals surface area contributed by atoms with Gasteiger partial charge in [-0.1, -0.05) is 23.7 Å². The molecule has 104 valence electrons. The molecule has 3 rings (SSSR count). The number of thiophene rings is 1. The van der Waals surface area contributed by atoms with E-state index < -0.39 is 0 Å². The van der Waals surface area contributed by atoms with Crippen molar-refractivity contribution in [1.82, 2.24) is 9.55 Å². The van der Waals surface area contributed by atoms with E-state index in [9.17, 15) is 0 Å². The summed E-state index contributed by atoms with van der Waals surface area (Å²) in [4.78, 5) is 5.90. The van der Waals surface area contributed by atoms with E-state index in [-0.39, 0.29) is 0 Å². The Morgan fingerprint density at radius 1 is 1.25 bits per heavy atom. The number of imidazole rings is 1. The van der Waals surface area contributed by atoms with Gasteiger partial charge in [-0.25, -0.2) is 4.98 Å². The first-order valence-electron chi connectivity index (χ1n) is 6.44. The second-order valence-corrected chi connectivity index (χ2v) is 6.78. The third-order valence-corrected chi connectivity index (χ3v) is 4.91. The lowest BCUT2D eigenvalue weighted by molar-refractivity contribution is 0.692. The number of para-hydroxylation sites is 1. The van der Waals surface area contributed by atoms with Crippen molar-refractivity contribution in [3.63, 3.8) is 0 Å². The summed E-state index contributed by atoms with van der Waals surface area (Å²) in [5.41, 5.74) is 3.44. The highest BCUT2D eigenvalue weighted by atomic mass is 35.5. The molecular formula is C15H14Cl2N2S. The van der Waals surface area contributed by atoms with Crippen molar-refractivity contribution in [3.05, 3.63) is 50.9 Å². The number of alkyl halides is 1. The van der Waals surface area contributed by atoms with Gasteiger partial charge < -0.3 is 4.57 Å². The van der Waals surface area contributed by atoms with Crippen LogP contribution in [0.1, 0.15) is 16.3 Å². The summed E-state index contributed by atoms with van der Waals surface area (Å²) >= 11 is 13.6. The highest BCUT2D eigenvalue weighted by Gasteiger charge is 2.12. The fourth-order valence-electron chi connectivity index (χ4n) is 2.46. The summed E-state index contributed by atoms with van der Waals surface area (Å²) in [6, 6.07) is 10.2. The number of fused-ring (bicyclic) bond motifs is 1. The van der Waals surface area contributed by atoms with Gasteiger partial charge in [0.25, 0.3) is 0 Å². The highest BCUT2D eigenvalue weighted by molar-refractivity contribution is 7.16. The molecule has 1 aromatic carbocycles. The third-order valence-electron chi connectivity index (χ3n) is 3.38. The van der Waals surface area contributed by atoms with E-state index in [1.807, 2.05) is 18.2 Å². The maximum atomic E-state index is 6.04. The van der Waals surface area contributed by atoms with Crippen molar-refractivity contribution in [2.75, 3.05) is 0 Å². The highest BCUT2D eigenvalue weighted by Crippen LogP contribution is 2.25. The van der Waals surface area contributed by atoms with Crippen molar-refractivity contribution in [3.8, 4) is 0 Å². The molecule has 0 bridgehead atoms. The van der Waals surface area contributed by atoms with Gasteiger partial charge in [0.15, 0.2) is 0 Å². The fraction of sp³-hybridized carbons (Fsp3) is 0.267. The number of hydrogen-bond donors (Lipinski definition) is 0. The Labute approximate surface area is 132 Å². The Balaban J connectivity index is 1.97. The minimum absolute atomic E-state index is 0.430. The molecule has 2 heterocycles. The van der Waals surface area contributed by atoms with E-state index in [2.05, 4.69) is 28.6 Å². The molecule has 0 aliphatic rings. The van der Waals surface area contributed by atoms with E-state index >= 15 is 0 Å². The molecule has 0 amide bonds. The van der Waals surface area contributed by atoms with Crippen LogP contribution in [-0.4, -0.2) is 9.55 Å². The smallest absolute Gasteiger partial charge is 0.124 e. The van der Waals surface area contributed by atoms with Crippen molar-refractivity contribution < 1.29 is 0 Å².